The predicted octanol–water partition coefficient (Wildman–Crippen LogP) is 5.18. The Morgan fingerprint density at radius 3 is 2.49 bits per heavy atom. The number of ether oxygens (including phenoxy) is 1. The van der Waals surface area contributed by atoms with Gasteiger partial charge < -0.3 is 15.8 Å². The lowest BCUT2D eigenvalue weighted by molar-refractivity contribution is 0.0619. The molecule has 7 nitrogen and oxygen atoms in total. The van der Waals surface area contributed by atoms with Gasteiger partial charge in [0.2, 0.25) is 0 Å². The lowest BCUT2D eigenvalue weighted by Gasteiger charge is -2.33. The highest BCUT2D eigenvalue weighted by Gasteiger charge is 2.31. The van der Waals surface area contributed by atoms with Crippen LogP contribution in [0, 0.1) is 23.4 Å². The standard InChI is InChI=1S/C25H23F3N4O3/c1-13-9-14(11-15(10-13)35-25(29)34)16-7-8-30-12-21(16)32-24(33)20-6-5-19(28)23(31-20)22-17(26)3-2-4-18(22)27/h2-8,12-15H,9-11H2,1H3,(H2,29,34)(H,32,33). The molecular formula is C25H23F3N4O3. The maximum atomic E-state index is 14.4. The van der Waals surface area contributed by atoms with Crippen molar-refractivity contribution in [3.05, 3.63) is 77.5 Å². The number of nitrogens with one attached hydrogen (secondary N) is 1. The average Bonchev–Trinajstić information content (AvgIpc) is 2.79. The van der Waals surface area contributed by atoms with E-state index >= 15 is 0 Å². The Morgan fingerprint density at radius 2 is 1.77 bits per heavy atom. The highest BCUT2D eigenvalue weighted by Crippen LogP contribution is 2.40. The minimum absolute atomic E-state index is 0.0503. The third kappa shape index (κ3) is 5.42. The zero-order valence-electron chi connectivity index (χ0n) is 18.8. The molecule has 0 bridgehead atoms. The molecule has 1 aliphatic carbocycles. The number of benzene rings is 1. The van der Waals surface area contributed by atoms with Crippen LogP contribution in [0.25, 0.3) is 11.3 Å². The number of carbonyl (C=O) groups excluding carboxylic acids is 2. The molecule has 10 heteroatoms. The smallest absolute Gasteiger partial charge is 0.404 e. The van der Waals surface area contributed by atoms with E-state index in [4.69, 9.17) is 10.5 Å². The zero-order valence-corrected chi connectivity index (χ0v) is 18.8. The molecule has 2 heterocycles. The number of rotatable bonds is 5. The van der Waals surface area contributed by atoms with E-state index in [9.17, 15) is 22.8 Å². The molecule has 0 spiro atoms. The highest BCUT2D eigenvalue weighted by atomic mass is 19.1. The molecule has 1 saturated carbocycles. The summed E-state index contributed by atoms with van der Waals surface area (Å²) in [6, 6.07) is 6.93. The highest BCUT2D eigenvalue weighted by molar-refractivity contribution is 6.03. The number of nitrogens with two attached hydrogens (primary N) is 1. The number of carbonyl (C=O) groups is 2. The van der Waals surface area contributed by atoms with E-state index in [-0.39, 0.29) is 23.6 Å². The number of pyridine rings is 2. The molecule has 1 fully saturated rings. The summed E-state index contributed by atoms with van der Waals surface area (Å²) in [5.41, 5.74) is 4.88. The third-order valence-electron chi connectivity index (χ3n) is 6.00. The Bertz CT molecular complexity index is 1250. The molecule has 3 aromatic rings. The van der Waals surface area contributed by atoms with E-state index in [1.54, 1.807) is 12.3 Å². The molecule has 2 amide bonds. The van der Waals surface area contributed by atoms with Crippen molar-refractivity contribution in [2.24, 2.45) is 11.7 Å². The summed E-state index contributed by atoms with van der Waals surface area (Å²) in [5.74, 6) is -3.47. The van der Waals surface area contributed by atoms with Gasteiger partial charge >= 0.3 is 6.09 Å². The molecule has 1 aliphatic rings. The van der Waals surface area contributed by atoms with Gasteiger partial charge in [-0.25, -0.2) is 22.9 Å². The van der Waals surface area contributed by atoms with Crippen molar-refractivity contribution in [3.63, 3.8) is 0 Å². The first-order chi connectivity index (χ1) is 16.7. The van der Waals surface area contributed by atoms with Crippen LogP contribution in [0.2, 0.25) is 0 Å². The summed E-state index contributed by atoms with van der Waals surface area (Å²) in [4.78, 5) is 32.2. The third-order valence-corrected chi connectivity index (χ3v) is 6.00. The minimum Gasteiger partial charge on any atom is -0.446 e. The molecule has 0 aliphatic heterocycles. The van der Waals surface area contributed by atoms with Crippen LogP contribution in [-0.2, 0) is 4.74 Å². The number of nitrogens with zero attached hydrogens (tertiary/aromatic N) is 2. The van der Waals surface area contributed by atoms with E-state index in [1.807, 2.05) is 6.92 Å². The fraction of sp³-hybridized carbons (Fsp3) is 0.280. The lowest BCUT2D eigenvalue weighted by Crippen LogP contribution is -2.31. The van der Waals surface area contributed by atoms with Crippen LogP contribution in [0.1, 0.15) is 48.2 Å². The molecular weight excluding hydrogens is 461 g/mol. The van der Waals surface area contributed by atoms with Gasteiger partial charge in [-0.05, 0) is 67.0 Å². The van der Waals surface area contributed by atoms with E-state index in [0.29, 0.717) is 18.5 Å². The Balaban J connectivity index is 1.61. The van der Waals surface area contributed by atoms with Crippen molar-refractivity contribution in [2.75, 3.05) is 5.32 Å². The van der Waals surface area contributed by atoms with Crippen molar-refractivity contribution in [1.82, 2.24) is 9.97 Å². The number of primary amides is 1. The largest absolute Gasteiger partial charge is 0.446 e. The Kier molecular flexibility index (Phi) is 6.99. The van der Waals surface area contributed by atoms with Gasteiger partial charge in [-0.15, -0.1) is 0 Å². The molecule has 4 rings (SSSR count). The molecule has 0 radical (unpaired) electrons. The van der Waals surface area contributed by atoms with Crippen LogP contribution in [-0.4, -0.2) is 28.1 Å². The first kappa shape index (κ1) is 24.2. The summed E-state index contributed by atoms with van der Waals surface area (Å²) in [5, 5.41) is 2.72. The van der Waals surface area contributed by atoms with Gasteiger partial charge in [-0.3, -0.25) is 9.78 Å². The van der Waals surface area contributed by atoms with Gasteiger partial charge in [0.1, 0.15) is 34.9 Å². The summed E-state index contributed by atoms with van der Waals surface area (Å²) < 4.78 is 48.0. The fourth-order valence-corrected chi connectivity index (χ4v) is 4.57. The van der Waals surface area contributed by atoms with Crippen LogP contribution < -0.4 is 11.1 Å². The van der Waals surface area contributed by atoms with Crippen molar-refractivity contribution in [2.45, 2.75) is 38.2 Å². The van der Waals surface area contributed by atoms with Gasteiger partial charge in [-0.1, -0.05) is 13.0 Å². The van der Waals surface area contributed by atoms with Gasteiger partial charge in [0.25, 0.3) is 5.91 Å². The molecule has 1 aromatic carbocycles. The normalized spacial score (nSPS) is 19.7. The quantitative estimate of drug-likeness (QED) is 0.519. The van der Waals surface area contributed by atoms with E-state index < -0.39 is 40.7 Å². The second-order valence-electron chi connectivity index (χ2n) is 8.61. The van der Waals surface area contributed by atoms with Crippen molar-refractivity contribution in [1.29, 1.82) is 0 Å². The number of hydrogen-bond acceptors (Lipinski definition) is 5. The maximum Gasteiger partial charge on any atom is 0.404 e. The van der Waals surface area contributed by atoms with E-state index in [2.05, 4.69) is 15.3 Å². The summed E-state index contributed by atoms with van der Waals surface area (Å²) >= 11 is 0. The molecule has 35 heavy (non-hydrogen) atoms. The SMILES string of the molecule is CC1CC(OC(N)=O)CC(c2ccncc2NC(=O)c2ccc(F)c(-c3c(F)cccc3F)n2)C1. The lowest BCUT2D eigenvalue weighted by atomic mass is 9.77. The van der Waals surface area contributed by atoms with Crippen LogP contribution in [0.5, 0.6) is 0 Å². The predicted molar refractivity (Wildman–Crippen MR) is 122 cm³/mol. The van der Waals surface area contributed by atoms with E-state index in [1.165, 1.54) is 6.20 Å². The molecule has 0 saturated heterocycles. The van der Waals surface area contributed by atoms with Gasteiger partial charge in [0.15, 0.2) is 0 Å². The van der Waals surface area contributed by atoms with Gasteiger partial charge in [0, 0.05) is 6.20 Å². The van der Waals surface area contributed by atoms with Crippen molar-refractivity contribution >= 4 is 17.7 Å². The second kappa shape index (κ2) is 10.1. The molecule has 2 aromatic heterocycles. The van der Waals surface area contributed by atoms with Crippen LogP contribution in [0.15, 0.2) is 48.8 Å². The number of aromatic nitrogens is 2. The Labute approximate surface area is 199 Å². The van der Waals surface area contributed by atoms with Crippen LogP contribution >= 0.6 is 0 Å². The number of halogens is 3. The molecule has 3 N–H and O–H groups in total. The van der Waals surface area contributed by atoms with Crippen LogP contribution in [0.4, 0.5) is 23.7 Å². The first-order valence-corrected chi connectivity index (χ1v) is 11.0. The summed E-state index contributed by atoms with van der Waals surface area (Å²) in [6.07, 6.45) is 3.86. The number of amides is 2. The first-order valence-electron chi connectivity index (χ1n) is 11.0. The molecule has 3 unspecified atom stereocenters. The molecule has 3 atom stereocenters. The van der Waals surface area contributed by atoms with Gasteiger partial charge in [-0.2, -0.15) is 0 Å². The number of anilines is 1. The summed E-state index contributed by atoms with van der Waals surface area (Å²) in [7, 11) is 0. The zero-order chi connectivity index (χ0) is 25.1. The molecule has 182 valence electrons. The Morgan fingerprint density at radius 1 is 1.03 bits per heavy atom. The van der Waals surface area contributed by atoms with Crippen molar-refractivity contribution < 1.29 is 27.5 Å². The summed E-state index contributed by atoms with van der Waals surface area (Å²) in [6.45, 7) is 2.04. The Hall–Kier alpha value is -3.95. The second-order valence-corrected chi connectivity index (χ2v) is 8.61. The average molecular weight is 484 g/mol. The minimum atomic E-state index is -0.998. The fourth-order valence-electron chi connectivity index (χ4n) is 4.57. The topological polar surface area (TPSA) is 107 Å². The van der Waals surface area contributed by atoms with E-state index in [0.717, 1.165) is 42.3 Å². The van der Waals surface area contributed by atoms with Crippen molar-refractivity contribution in [3.8, 4) is 11.3 Å². The monoisotopic (exact) mass is 484 g/mol. The maximum absolute atomic E-state index is 14.4. The number of hydrogen-bond donors (Lipinski definition) is 2. The van der Waals surface area contributed by atoms with Crippen LogP contribution in [0.3, 0.4) is 0 Å². The van der Waals surface area contributed by atoms with Gasteiger partial charge in [0.05, 0.1) is 17.4 Å².